The maximum absolute atomic E-state index is 12.1. The number of fused-ring (bicyclic) bond motifs is 1. The number of H-pyrrole nitrogens is 2. The van der Waals surface area contributed by atoms with Crippen molar-refractivity contribution in [1.29, 1.82) is 0 Å². The molecule has 3 rings (SSSR count). The average molecular weight is 260 g/mol. The molecule has 1 aromatic heterocycles. The Labute approximate surface area is 110 Å². The van der Waals surface area contributed by atoms with E-state index in [9.17, 15) is 9.59 Å². The summed E-state index contributed by atoms with van der Waals surface area (Å²) in [6, 6.07) is 5.16. The van der Waals surface area contributed by atoms with Crippen molar-refractivity contribution in [2.24, 2.45) is 5.92 Å². The lowest BCUT2D eigenvalue weighted by Crippen LogP contribution is -2.12. The Morgan fingerprint density at radius 1 is 1.26 bits per heavy atom. The Kier molecular flexibility index (Phi) is 3.11. The molecular weight excluding hydrogens is 244 g/mol. The molecule has 0 unspecified atom stereocenters. The molecule has 1 fully saturated rings. The SMILES string of the molecule is O=C(OCC1CCCC1)c1cccc2[nH]c(=O)[nH]c12. The van der Waals surface area contributed by atoms with E-state index >= 15 is 0 Å². The van der Waals surface area contributed by atoms with Gasteiger partial charge in [-0.15, -0.1) is 0 Å². The van der Waals surface area contributed by atoms with E-state index in [0.29, 0.717) is 29.1 Å². The summed E-state index contributed by atoms with van der Waals surface area (Å²) in [6.45, 7) is 0.476. The number of imidazole rings is 1. The van der Waals surface area contributed by atoms with Gasteiger partial charge < -0.3 is 14.7 Å². The average Bonchev–Trinajstić information content (AvgIpc) is 3.02. The quantitative estimate of drug-likeness (QED) is 0.831. The minimum absolute atomic E-state index is 0.314. The van der Waals surface area contributed by atoms with E-state index in [1.165, 1.54) is 12.8 Å². The first-order valence-electron chi connectivity index (χ1n) is 6.62. The third-order valence-electron chi connectivity index (χ3n) is 3.70. The lowest BCUT2D eigenvalue weighted by atomic mass is 10.1. The van der Waals surface area contributed by atoms with E-state index in [2.05, 4.69) is 9.97 Å². The fraction of sp³-hybridized carbons (Fsp3) is 0.429. The predicted molar refractivity (Wildman–Crippen MR) is 71.2 cm³/mol. The van der Waals surface area contributed by atoms with Crippen LogP contribution in [0.5, 0.6) is 0 Å². The van der Waals surface area contributed by atoms with Crippen molar-refractivity contribution in [1.82, 2.24) is 9.97 Å². The van der Waals surface area contributed by atoms with Crippen LogP contribution in [0.2, 0.25) is 0 Å². The van der Waals surface area contributed by atoms with Crippen molar-refractivity contribution < 1.29 is 9.53 Å². The van der Waals surface area contributed by atoms with E-state index in [-0.39, 0.29) is 11.7 Å². The van der Waals surface area contributed by atoms with Gasteiger partial charge in [0.1, 0.15) is 0 Å². The highest BCUT2D eigenvalue weighted by atomic mass is 16.5. The number of ether oxygens (including phenoxy) is 1. The molecule has 0 spiro atoms. The van der Waals surface area contributed by atoms with Gasteiger partial charge in [0, 0.05) is 0 Å². The zero-order valence-electron chi connectivity index (χ0n) is 10.6. The zero-order chi connectivity index (χ0) is 13.2. The smallest absolute Gasteiger partial charge is 0.340 e. The first kappa shape index (κ1) is 12.0. The molecule has 0 bridgehead atoms. The van der Waals surface area contributed by atoms with Gasteiger partial charge in [0.05, 0.1) is 23.2 Å². The number of benzene rings is 1. The highest BCUT2D eigenvalue weighted by molar-refractivity contribution is 6.01. The second kappa shape index (κ2) is 4.91. The summed E-state index contributed by atoms with van der Waals surface area (Å²) in [5.74, 6) is 0.126. The molecule has 19 heavy (non-hydrogen) atoms. The number of esters is 1. The summed E-state index contributed by atoms with van der Waals surface area (Å²) >= 11 is 0. The van der Waals surface area contributed by atoms with Crippen LogP contribution in [-0.2, 0) is 4.74 Å². The number of carbonyl (C=O) groups is 1. The molecule has 2 N–H and O–H groups in total. The third kappa shape index (κ3) is 2.41. The Hall–Kier alpha value is -2.04. The molecule has 1 heterocycles. The van der Waals surface area contributed by atoms with Gasteiger partial charge in [-0.2, -0.15) is 0 Å². The van der Waals surface area contributed by atoms with Gasteiger partial charge in [-0.25, -0.2) is 9.59 Å². The first-order chi connectivity index (χ1) is 9.24. The molecule has 5 nitrogen and oxygen atoms in total. The van der Waals surface area contributed by atoms with Crippen LogP contribution in [0, 0.1) is 5.92 Å². The van der Waals surface area contributed by atoms with Crippen molar-refractivity contribution in [2.45, 2.75) is 25.7 Å². The van der Waals surface area contributed by atoms with Crippen molar-refractivity contribution in [3.8, 4) is 0 Å². The number of hydrogen-bond donors (Lipinski definition) is 2. The third-order valence-corrected chi connectivity index (χ3v) is 3.70. The molecule has 1 aliphatic carbocycles. The van der Waals surface area contributed by atoms with E-state index in [4.69, 9.17) is 4.74 Å². The molecule has 0 saturated heterocycles. The number of aromatic nitrogens is 2. The van der Waals surface area contributed by atoms with Gasteiger partial charge in [0.2, 0.25) is 0 Å². The highest BCUT2D eigenvalue weighted by Gasteiger charge is 2.19. The van der Waals surface area contributed by atoms with E-state index in [1.807, 2.05) is 0 Å². The molecule has 1 aliphatic rings. The molecule has 100 valence electrons. The van der Waals surface area contributed by atoms with Crippen molar-refractivity contribution >= 4 is 17.0 Å². The summed E-state index contributed by atoms with van der Waals surface area (Å²) in [5.41, 5.74) is 1.24. The minimum Gasteiger partial charge on any atom is -0.462 e. The Bertz CT molecular complexity index is 650. The Balaban J connectivity index is 1.78. The van der Waals surface area contributed by atoms with Gasteiger partial charge in [0.15, 0.2) is 0 Å². The van der Waals surface area contributed by atoms with Gasteiger partial charge in [-0.05, 0) is 30.9 Å². The summed E-state index contributed by atoms with van der Waals surface area (Å²) in [5, 5.41) is 0. The van der Waals surface area contributed by atoms with Crippen LogP contribution in [0.25, 0.3) is 11.0 Å². The number of hydrogen-bond acceptors (Lipinski definition) is 3. The number of nitrogens with one attached hydrogen (secondary N) is 2. The van der Waals surface area contributed by atoms with Gasteiger partial charge >= 0.3 is 11.7 Å². The molecule has 1 saturated carbocycles. The molecule has 2 aromatic rings. The van der Waals surface area contributed by atoms with Crippen LogP contribution in [0.1, 0.15) is 36.0 Å². The van der Waals surface area contributed by atoms with Crippen molar-refractivity contribution in [3.05, 3.63) is 34.2 Å². The fourth-order valence-corrected chi connectivity index (χ4v) is 2.68. The topological polar surface area (TPSA) is 75.0 Å². The second-order valence-electron chi connectivity index (χ2n) is 5.06. The second-order valence-corrected chi connectivity index (χ2v) is 5.06. The highest BCUT2D eigenvalue weighted by Crippen LogP contribution is 2.25. The summed E-state index contributed by atoms with van der Waals surface area (Å²) in [4.78, 5) is 28.6. The Morgan fingerprint density at radius 2 is 2.05 bits per heavy atom. The molecule has 0 radical (unpaired) electrons. The number of rotatable bonds is 3. The van der Waals surface area contributed by atoms with Gasteiger partial charge in [-0.1, -0.05) is 18.9 Å². The van der Waals surface area contributed by atoms with Crippen LogP contribution >= 0.6 is 0 Å². The van der Waals surface area contributed by atoms with E-state index < -0.39 is 0 Å². The molecule has 0 amide bonds. The monoisotopic (exact) mass is 260 g/mol. The van der Waals surface area contributed by atoms with Crippen molar-refractivity contribution in [2.75, 3.05) is 6.61 Å². The van der Waals surface area contributed by atoms with Gasteiger partial charge in [0.25, 0.3) is 0 Å². The lowest BCUT2D eigenvalue weighted by Gasteiger charge is -2.10. The van der Waals surface area contributed by atoms with Crippen LogP contribution in [0.3, 0.4) is 0 Å². The normalized spacial score (nSPS) is 16.0. The molecule has 0 aliphatic heterocycles. The van der Waals surface area contributed by atoms with Crippen LogP contribution in [0.15, 0.2) is 23.0 Å². The minimum atomic E-state index is -0.368. The van der Waals surface area contributed by atoms with Crippen molar-refractivity contribution in [3.63, 3.8) is 0 Å². The molecule has 0 atom stereocenters. The molecule has 5 heteroatoms. The predicted octanol–water partition coefficient (Wildman–Crippen LogP) is 2.20. The number of para-hydroxylation sites is 1. The Morgan fingerprint density at radius 3 is 2.84 bits per heavy atom. The lowest BCUT2D eigenvalue weighted by molar-refractivity contribution is 0.0444. The van der Waals surface area contributed by atoms with E-state index in [1.54, 1.807) is 18.2 Å². The fourth-order valence-electron chi connectivity index (χ4n) is 2.68. The number of carbonyl (C=O) groups excluding carboxylic acids is 1. The number of aromatic amines is 2. The van der Waals surface area contributed by atoms with E-state index in [0.717, 1.165) is 12.8 Å². The standard InChI is InChI=1S/C14H16N2O3/c17-13(19-8-9-4-1-2-5-9)10-6-3-7-11-12(10)16-14(18)15-11/h3,6-7,9H,1-2,4-5,8H2,(H2,15,16,18). The molecular formula is C14H16N2O3. The first-order valence-corrected chi connectivity index (χ1v) is 6.62. The van der Waals surface area contributed by atoms with Crippen LogP contribution in [0.4, 0.5) is 0 Å². The maximum atomic E-state index is 12.1. The van der Waals surface area contributed by atoms with Crippen LogP contribution in [-0.4, -0.2) is 22.5 Å². The molecule has 1 aromatic carbocycles. The largest absolute Gasteiger partial charge is 0.462 e. The summed E-state index contributed by atoms with van der Waals surface area (Å²) in [6.07, 6.45) is 4.72. The summed E-state index contributed by atoms with van der Waals surface area (Å²) < 4.78 is 5.35. The maximum Gasteiger partial charge on any atom is 0.340 e. The van der Waals surface area contributed by atoms with Crippen LogP contribution < -0.4 is 5.69 Å². The van der Waals surface area contributed by atoms with Gasteiger partial charge in [-0.3, -0.25) is 0 Å². The zero-order valence-corrected chi connectivity index (χ0v) is 10.6. The summed E-state index contributed by atoms with van der Waals surface area (Å²) in [7, 11) is 0.